The smallest absolute Gasteiger partial charge is 0.347 e. The summed E-state index contributed by atoms with van der Waals surface area (Å²) in [5, 5.41) is 9.11. The normalized spacial score (nSPS) is 11.0. The Labute approximate surface area is 130 Å². The highest BCUT2D eigenvalue weighted by Crippen LogP contribution is 2.27. The first kappa shape index (κ1) is 15.9. The van der Waals surface area contributed by atoms with Gasteiger partial charge in [-0.15, -0.1) is 0 Å². The topological polar surface area (TPSA) is 55.8 Å². The fourth-order valence-electron chi connectivity index (χ4n) is 1.89. The van der Waals surface area contributed by atoms with Crippen LogP contribution >= 0.6 is 0 Å². The number of aryl methyl sites for hydroxylation is 1. The predicted octanol–water partition coefficient (Wildman–Crippen LogP) is 3.82. The van der Waals surface area contributed by atoms with E-state index in [9.17, 15) is 4.79 Å². The van der Waals surface area contributed by atoms with Crippen LogP contribution in [0.25, 0.3) is 0 Å². The van der Waals surface area contributed by atoms with Crippen LogP contribution < -0.4 is 9.47 Å². The van der Waals surface area contributed by atoms with Gasteiger partial charge in [-0.25, -0.2) is 4.79 Å². The van der Waals surface area contributed by atoms with E-state index in [1.807, 2.05) is 43.3 Å². The summed E-state index contributed by atoms with van der Waals surface area (Å²) in [5.74, 6) is 0.262. The molecule has 0 atom stereocenters. The monoisotopic (exact) mass is 300 g/mol. The lowest BCUT2D eigenvalue weighted by atomic mass is 10.1. The molecule has 4 nitrogen and oxygen atoms in total. The van der Waals surface area contributed by atoms with Crippen molar-refractivity contribution in [3.05, 3.63) is 59.7 Å². The molecule has 0 aliphatic rings. The number of benzene rings is 2. The van der Waals surface area contributed by atoms with Crippen LogP contribution in [0.1, 0.15) is 25.0 Å². The highest BCUT2D eigenvalue weighted by molar-refractivity contribution is 5.76. The van der Waals surface area contributed by atoms with Gasteiger partial charge < -0.3 is 14.6 Å². The van der Waals surface area contributed by atoms with Crippen molar-refractivity contribution >= 4 is 5.97 Å². The zero-order chi connectivity index (χ0) is 16.2. The van der Waals surface area contributed by atoms with Crippen LogP contribution in [0.2, 0.25) is 0 Å². The predicted molar refractivity (Wildman–Crippen MR) is 84.3 cm³/mol. The van der Waals surface area contributed by atoms with E-state index in [1.54, 1.807) is 12.1 Å². The van der Waals surface area contributed by atoms with Gasteiger partial charge >= 0.3 is 5.97 Å². The molecule has 116 valence electrons. The van der Waals surface area contributed by atoms with Gasteiger partial charge in [0.1, 0.15) is 18.1 Å². The van der Waals surface area contributed by atoms with E-state index < -0.39 is 11.6 Å². The minimum absolute atomic E-state index is 0.487. The highest BCUT2D eigenvalue weighted by Gasteiger charge is 2.29. The van der Waals surface area contributed by atoms with Crippen molar-refractivity contribution in [3.8, 4) is 11.5 Å². The van der Waals surface area contributed by atoms with Crippen molar-refractivity contribution < 1.29 is 19.4 Å². The van der Waals surface area contributed by atoms with Gasteiger partial charge in [0, 0.05) is 0 Å². The molecule has 22 heavy (non-hydrogen) atoms. The summed E-state index contributed by atoms with van der Waals surface area (Å²) in [6.45, 7) is 5.40. The molecule has 0 saturated heterocycles. The maximum absolute atomic E-state index is 11.1. The molecule has 4 heteroatoms. The Morgan fingerprint density at radius 3 is 2.41 bits per heavy atom. The number of ether oxygens (including phenoxy) is 2. The number of carbonyl (C=O) groups is 1. The number of hydrogen-bond donors (Lipinski definition) is 1. The number of aliphatic carboxylic acids is 1. The van der Waals surface area contributed by atoms with E-state index in [4.69, 9.17) is 14.6 Å². The molecule has 0 spiro atoms. The van der Waals surface area contributed by atoms with Crippen LogP contribution in [0.4, 0.5) is 0 Å². The lowest BCUT2D eigenvalue weighted by Crippen LogP contribution is -2.38. The van der Waals surface area contributed by atoms with Crippen LogP contribution in [0.3, 0.4) is 0 Å². The zero-order valence-electron chi connectivity index (χ0n) is 13.0. The molecular weight excluding hydrogens is 280 g/mol. The Kier molecular flexibility index (Phi) is 4.71. The van der Waals surface area contributed by atoms with Gasteiger partial charge in [0.25, 0.3) is 0 Å². The summed E-state index contributed by atoms with van der Waals surface area (Å²) in [7, 11) is 0. The van der Waals surface area contributed by atoms with Crippen molar-refractivity contribution in [2.24, 2.45) is 0 Å². The zero-order valence-corrected chi connectivity index (χ0v) is 13.0. The van der Waals surface area contributed by atoms with Crippen molar-refractivity contribution in [2.75, 3.05) is 0 Å². The van der Waals surface area contributed by atoms with Gasteiger partial charge in [0.2, 0.25) is 0 Å². The Bertz CT molecular complexity index is 647. The number of rotatable bonds is 6. The van der Waals surface area contributed by atoms with Crippen LogP contribution in [0, 0.1) is 6.92 Å². The average molecular weight is 300 g/mol. The number of carboxylic acids is 1. The van der Waals surface area contributed by atoms with Crippen molar-refractivity contribution in [2.45, 2.75) is 33.0 Å². The van der Waals surface area contributed by atoms with E-state index in [2.05, 4.69) is 0 Å². The first-order valence-corrected chi connectivity index (χ1v) is 7.08. The van der Waals surface area contributed by atoms with Gasteiger partial charge in [-0.3, -0.25) is 0 Å². The van der Waals surface area contributed by atoms with Gasteiger partial charge in [-0.2, -0.15) is 0 Å². The van der Waals surface area contributed by atoms with Gasteiger partial charge in [0.05, 0.1) is 0 Å². The van der Waals surface area contributed by atoms with E-state index in [-0.39, 0.29) is 0 Å². The molecule has 0 radical (unpaired) electrons. The van der Waals surface area contributed by atoms with Gasteiger partial charge in [-0.05, 0) is 50.1 Å². The molecule has 0 aliphatic carbocycles. The van der Waals surface area contributed by atoms with Crippen LogP contribution in [0.5, 0.6) is 11.5 Å². The highest BCUT2D eigenvalue weighted by atomic mass is 16.5. The molecule has 0 aromatic heterocycles. The van der Waals surface area contributed by atoms with E-state index >= 15 is 0 Å². The van der Waals surface area contributed by atoms with Crippen molar-refractivity contribution in [1.82, 2.24) is 0 Å². The van der Waals surface area contributed by atoms with Crippen molar-refractivity contribution in [1.29, 1.82) is 0 Å². The molecule has 2 aromatic rings. The Morgan fingerprint density at radius 1 is 1.14 bits per heavy atom. The fraction of sp³-hybridized carbons (Fsp3) is 0.278. The maximum Gasteiger partial charge on any atom is 0.347 e. The summed E-state index contributed by atoms with van der Waals surface area (Å²) >= 11 is 0. The lowest BCUT2D eigenvalue weighted by Gasteiger charge is -2.23. The third-order valence-corrected chi connectivity index (χ3v) is 3.27. The Balaban J connectivity index is 2.05. The molecule has 0 bridgehead atoms. The molecule has 0 fully saturated rings. The largest absolute Gasteiger partial charge is 0.489 e. The second-order valence-electron chi connectivity index (χ2n) is 5.62. The summed E-state index contributed by atoms with van der Waals surface area (Å²) in [6.07, 6.45) is 0. The Morgan fingerprint density at radius 2 is 1.82 bits per heavy atom. The summed E-state index contributed by atoms with van der Waals surface area (Å²) < 4.78 is 11.3. The second-order valence-corrected chi connectivity index (χ2v) is 5.62. The molecule has 0 saturated carbocycles. The Hall–Kier alpha value is -2.49. The van der Waals surface area contributed by atoms with E-state index in [0.29, 0.717) is 12.4 Å². The lowest BCUT2D eigenvalue weighted by molar-refractivity contribution is -0.152. The molecule has 0 amide bonds. The minimum Gasteiger partial charge on any atom is -0.489 e. The quantitative estimate of drug-likeness (QED) is 0.881. The van der Waals surface area contributed by atoms with Crippen LogP contribution in [-0.4, -0.2) is 16.7 Å². The second kappa shape index (κ2) is 6.52. The molecule has 0 aliphatic heterocycles. The van der Waals surface area contributed by atoms with E-state index in [0.717, 1.165) is 16.9 Å². The van der Waals surface area contributed by atoms with Crippen LogP contribution in [-0.2, 0) is 11.4 Å². The van der Waals surface area contributed by atoms with Gasteiger partial charge in [-0.1, -0.05) is 30.3 Å². The minimum atomic E-state index is -1.27. The summed E-state index contributed by atoms with van der Waals surface area (Å²) in [6, 6.07) is 15.3. The summed E-state index contributed by atoms with van der Waals surface area (Å²) in [4.78, 5) is 11.1. The van der Waals surface area contributed by atoms with E-state index in [1.165, 1.54) is 13.8 Å². The standard InChI is InChI=1S/C18H20O4/c1-13-11-15(21-12-14-7-5-4-6-8-14)9-10-16(13)22-18(2,3)17(19)20/h4-11H,12H2,1-3H3,(H,19,20). The molecule has 2 rings (SSSR count). The third kappa shape index (κ3) is 4.01. The molecule has 2 aromatic carbocycles. The third-order valence-electron chi connectivity index (χ3n) is 3.27. The first-order chi connectivity index (χ1) is 10.4. The average Bonchev–Trinajstić information content (AvgIpc) is 2.48. The molecular formula is C18H20O4. The van der Waals surface area contributed by atoms with Crippen LogP contribution in [0.15, 0.2) is 48.5 Å². The number of hydrogen-bond acceptors (Lipinski definition) is 3. The molecule has 0 unspecified atom stereocenters. The fourth-order valence-corrected chi connectivity index (χ4v) is 1.89. The first-order valence-electron chi connectivity index (χ1n) is 7.08. The maximum atomic E-state index is 11.1. The molecule has 0 heterocycles. The van der Waals surface area contributed by atoms with Gasteiger partial charge in [0.15, 0.2) is 5.60 Å². The van der Waals surface area contributed by atoms with Crippen molar-refractivity contribution in [3.63, 3.8) is 0 Å². The number of carboxylic acid groups (broad SMARTS) is 1. The SMILES string of the molecule is Cc1cc(OCc2ccccc2)ccc1OC(C)(C)C(=O)O. The molecule has 1 N–H and O–H groups in total. The summed E-state index contributed by atoms with van der Waals surface area (Å²) in [5.41, 5.74) is 0.657.